The first-order valence-electron chi connectivity index (χ1n) is 10.1. The molecule has 1 aromatic carbocycles. The Bertz CT molecular complexity index is 1010. The Morgan fingerprint density at radius 2 is 1.94 bits per heavy atom. The van der Waals surface area contributed by atoms with E-state index in [1.54, 1.807) is 6.20 Å². The SMILES string of the molecule is COC(=O)C[C@H]1CC[C@H](c2ccc(NC(=O)c3nnc(Nc4nccs4)o3)cc2)CC1. The van der Waals surface area contributed by atoms with E-state index in [-0.39, 0.29) is 17.9 Å². The molecule has 1 aliphatic carbocycles. The number of carbonyl (C=O) groups is 2. The molecule has 9 nitrogen and oxygen atoms in total. The molecule has 162 valence electrons. The van der Waals surface area contributed by atoms with Crippen LogP contribution in [0.3, 0.4) is 0 Å². The van der Waals surface area contributed by atoms with Crippen LogP contribution < -0.4 is 10.6 Å². The molecule has 4 rings (SSSR count). The van der Waals surface area contributed by atoms with Crippen molar-refractivity contribution in [3.63, 3.8) is 0 Å². The van der Waals surface area contributed by atoms with Crippen LogP contribution in [-0.4, -0.2) is 34.2 Å². The van der Waals surface area contributed by atoms with Crippen LogP contribution in [0.1, 0.15) is 54.3 Å². The van der Waals surface area contributed by atoms with Gasteiger partial charge < -0.3 is 14.5 Å². The van der Waals surface area contributed by atoms with E-state index in [0.29, 0.717) is 29.1 Å². The predicted octanol–water partition coefficient (Wildman–Crippen LogP) is 4.36. The molecule has 3 aromatic rings. The summed E-state index contributed by atoms with van der Waals surface area (Å²) in [6, 6.07) is 7.92. The minimum Gasteiger partial charge on any atom is -0.469 e. The van der Waals surface area contributed by atoms with Crippen LogP contribution in [0.5, 0.6) is 0 Å². The molecule has 2 heterocycles. The summed E-state index contributed by atoms with van der Waals surface area (Å²) in [4.78, 5) is 27.9. The Labute approximate surface area is 183 Å². The van der Waals surface area contributed by atoms with E-state index in [2.05, 4.69) is 25.8 Å². The Balaban J connectivity index is 1.29. The molecule has 0 atom stereocenters. The summed E-state index contributed by atoms with van der Waals surface area (Å²) < 4.78 is 10.1. The number of nitrogens with zero attached hydrogens (tertiary/aromatic N) is 3. The Morgan fingerprint density at radius 3 is 2.61 bits per heavy atom. The van der Waals surface area contributed by atoms with Gasteiger partial charge in [-0.1, -0.05) is 17.2 Å². The topological polar surface area (TPSA) is 119 Å². The third kappa shape index (κ3) is 5.46. The fraction of sp³-hybridized carbons (Fsp3) is 0.381. The second kappa shape index (κ2) is 9.69. The maximum Gasteiger partial charge on any atom is 0.322 e. The normalized spacial score (nSPS) is 18.4. The summed E-state index contributed by atoms with van der Waals surface area (Å²) in [7, 11) is 1.44. The molecular weight excluding hydrogens is 418 g/mol. The first kappa shape index (κ1) is 21.0. The largest absolute Gasteiger partial charge is 0.469 e. The number of hydrogen-bond donors (Lipinski definition) is 2. The van der Waals surface area contributed by atoms with Crippen LogP contribution >= 0.6 is 11.3 Å². The zero-order chi connectivity index (χ0) is 21.6. The first-order chi connectivity index (χ1) is 15.1. The van der Waals surface area contributed by atoms with Crippen molar-refractivity contribution < 1.29 is 18.7 Å². The van der Waals surface area contributed by atoms with Crippen molar-refractivity contribution in [3.8, 4) is 0 Å². The van der Waals surface area contributed by atoms with Gasteiger partial charge in [-0.15, -0.1) is 16.4 Å². The summed E-state index contributed by atoms with van der Waals surface area (Å²) in [6.45, 7) is 0. The predicted molar refractivity (Wildman–Crippen MR) is 115 cm³/mol. The molecular formula is C21H23N5O4S. The molecule has 31 heavy (non-hydrogen) atoms. The number of nitrogens with one attached hydrogen (secondary N) is 2. The van der Waals surface area contributed by atoms with Gasteiger partial charge in [0.2, 0.25) is 0 Å². The van der Waals surface area contributed by atoms with Crippen LogP contribution in [0.4, 0.5) is 16.8 Å². The molecule has 0 bridgehead atoms. The number of thiazole rings is 1. The van der Waals surface area contributed by atoms with Gasteiger partial charge in [0.1, 0.15) is 0 Å². The number of ether oxygens (including phenoxy) is 1. The summed E-state index contributed by atoms with van der Waals surface area (Å²) >= 11 is 1.38. The van der Waals surface area contributed by atoms with Crippen LogP contribution in [0, 0.1) is 5.92 Å². The average Bonchev–Trinajstić information content (AvgIpc) is 3.47. The number of esters is 1. The van der Waals surface area contributed by atoms with E-state index in [1.165, 1.54) is 24.0 Å². The van der Waals surface area contributed by atoms with Gasteiger partial charge in [-0.3, -0.25) is 14.9 Å². The zero-order valence-corrected chi connectivity index (χ0v) is 17.9. The number of aromatic nitrogens is 3. The maximum atomic E-state index is 12.4. The van der Waals surface area contributed by atoms with Crippen molar-refractivity contribution in [1.82, 2.24) is 15.2 Å². The molecule has 1 fully saturated rings. The van der Waals surface area contributed by atoms with E-state index in [1.807, 2.05) is 29.6 Å². The molecule has 1 saturated carbocycles. The molecule has 0 saturated heterocycles. The van der Waals surface area contributed by atoms with Crippen molar-refractivity contribution in [3.05, 3.63) is 47.3 Å². The fourth-order valence-electron chi connectivity index (χ4n) is 3.78. The van der Waals surface area contributed by atoms with Crippen molar-refractivity contribution in [2.75, 3.05) is 17.7 Å². The standard InChI is InChI=1S/C21H23N5O4S/c1-29-17(27)12-13-2-4-14(5-3-13)15-6-8-16(9-7-15)23-18(28)19-25-26-20(30-19)24-21-22-10-11-31-21/h6-11,13-14H,2-5,12H2,1H3,(H,23,28)(H,22,24,26)/t13-,14-. The molecule has 0 unspecified atom stereocenters. The van der Waals surface area contributed by atoms with Gasteiger partial charge in [0, 0.05) is 23.7 Å². The lowest BCUT2D eigenvalue weighted by atomic mass is 9.77. The maximum absolute atomic E-state index is 12.4. The van der Waals surface area contributed by atoms with E-state index < -0.39 is 5.91 Å². The van der Waals surface area contributed by atoms with E-state index >= 15 is 0 Å². The average molecular weight is 442 g/mol. The lowest BCUT2D eigenvalue weighted by Gasteiger charge is -2.28. The zero-order valence-electron chi connectivity index (χ0n) is 17.0. The van der Waals surface area contributed by atoms with Gasteiger partial charge in [-0.05, 0) is 55.2 Å². The highest BCUT2D eigenvalue weighted by molar-refractivity contribution is 7.13. The monoisotopic (exact) mass is 441 g/mol. The smallest absolute Gasteiger partial charge is 0.322 e. The Morgan fingerprint density at radius 1 is 1.16 bits per heavy atom. The number of rotatable bonds is 7. The highest BCUT2D eigenvalue weighted by Crippen LogP contribution is 2.37. The Hall–Kier alpha value is -3.27. The van der Waals surface area contributed by atoms with Gasteiger partial charge in [-0.25, -0.2) is 4.98 Å². The van der Waals surface area contributed by atoms with Crippen molar-refractivity contribution in [2.24, 2.45) is 5.92 Å². The van der Waals surface area contributed by atoms with E-state index in [0.717, 1.165) is 25.7 Å². The van der Waals surface area contributed by atoms with E-state index in [4.69, 9.17) is 9.15 Å². The van der Waals surface area contributed by atoms with Crippen LogP contribution in [-0.2, 0) is 9.53 Å². The molecule has 0 spiro atoms. The van der Waals surface area contributed by atoms with Crippen molar-refractivity contribution in [2.45, 2.75) is 38.0 Å². The minimum absolute atomic E-state index is 0.109. The molecule has 1 amide bonds. The molecule has 0 radical (unpaired) electrons. The van der Waals surface area contributed by atoms with Crippen molar-refractivity contribution >= 4 is 40.0 Å². The lowest BCUT2D eigenvalue weighted by Crippen LogP contribution is -2.17. The number of hydrogen-bond acceptors (Lipinski definition) is 9. The fourth-order valence-corrected chi connectivity index (χ4v) is 4.30. The highest BCUT2D eigenvalue weighted by Gasteiger charge is 2.24. The second-order valence-electron chi connectivity index (χ2n) is 7.45. The van der Waals surface area contributed by atoms with Crippen LogP contribution in [0.2, 0.25) is 0 Å². The van der Waals surface area contributed by atoms with E-state index in [9.17, 15) is 9.59 Å². The van der Waals surface area contributed by atoms with Gasteiger partial charge in [-0.2, -0.15) is 0 Å². The van der Waals surface area contributed by atoms with Gasteiger partial charge in [0.15, 0.2) is 5.13 Å². The summed E-state index contributed by atoms with van der Waals surface area (Å²) in [5.41, 5.74) is 1.89. The minimum atomic E-state index is -0.476. The summed E-state index contributed by atoms with van der Waals surface area (Å²) in [5.74, 6) is 0.138. The molecule has 2 N–H and O–H groups in total. The quantitative estimate of drug-likeness (QED) is 0.519. The molecule has 2 aromatic heterocycles. The van der Waals surface area contributed by atoms with Crippen molar-refractivity contribution in [1.29, 1.82) is 0 Å². The number of amides is 1. The third-order valence-corrected chi connectivity index (χ3v) is 6.12. The lowest BCUT2D eigenvalue weighted by molar-refractivity contribution is -0.142. The molecule has 0 aliphatic heterocycles. The summed E-state index contributed by atoms with van der Waals surface area (Å²) in [6.07, 6.45) is 6.29. The summed E-state index contributed by atoms with van der Waals surface area (Å²) in [5, 5.41) is 15.6. The molecule has 1 aliphatic rings. The number of methoxy groups -OCH3 is 1. The van der Waals surface area contributed by atoms with Gasteiger partial charge >= 0.3 is 23.8 Å². The highest BCUT2D eigenvalue weighted by atomic mass is 32.1. The third-order valence-electron chi connectivity index (χ3n) is 5.44. The van der Waals surface area contributed by atoms with Gasteiger partial charge in [0.05, 0.1) is 7.11 Å². The number of anilines is 3. The number of benzene rings is 1. The number of carbonyl (C=O) groups excluding carboxylic acids is 2. The van der Waals surface area contributed by atoms with Gasteiger partial charge in [0.25, 0.3) is 0 Å². The Kier molecular flexibility index (Phi) is 6.56. The van der Waals surface area contributed by atoms with Crippen LogP contribution in [0.25, 0.3) is 0 Å². The van der Waals surface area contributed by atoms with Crippen LogP contribution in [0.15, 0.2) is 40.3 Å². The molecule has 10 heteroatoms. The first-order valence-corrected chi connectivity index (χ1v) is 11.0. The second-order valence-corrected chi connectivity index (χ2v) is 8.34.